The van der Waals surface area contributed by atoms with Crippen LogP contribution in [-0.2, 0) is 25.6 Å². The molecule has 2 aromatic heterocycles. The fourth-order valence-electron chi connectivity index (χ4n) is 2.57. The fourth-order valence-corrected chi connectivity index (χ4v) is 2.57. The number of rotatable bonds is 3. The largest absolute Gasteiger partial charge is 0.332 e. The molecule has 0 unspecified atom stereocenters. The van der Waals surface area contributed by atoms with Gasteiger partial charge in [-0.3, -0.25) is 13.9 Å². The number of fused-ring (bicyclic) bond motifs is 1. The smallest absolute Gasteiger partial charge is 0.329 e. The van der Waals surface area contributed by atoms with E-state index >= 15 is 0 Å². The molecule has 0 aliphatic rings. The minimum Gasteiger partial charge on any atom is -0.329 e. The number of hydrogen-bond acceptors (Lipinski definition) is 4. The lowest BCUT2D eigenvalue weighted by molar-refractivity contribution is 0.505. The van der Waals surface area contributed by atoms with Crippen LogP contribution in [0.2, 0.25) is 0 Å². The van der Waals surface area contributed by atoms with Gasteiger partial charge in [-0.15, -0.1) is 0 Å². The maximum Gasteiger partial charge on any atom is 0.332 e. The highest BCUT2D eigenvalue weighted by Gasteiger charge is 2.26. The van der Waals surface area contributed by atoms with Gasteiger partial charge >= 0.3 is 5.69 Å². The van der Waals surface area contributed by atoms with Crippen LogP contribution in [0.4, 0.5) is 0 Å². The number of nitrogens with zero attached hydrogens (tertiary/aromatic N) is 4. The summed E-state index contributed by atoms with van der Waals surface area (Å²) in [4.78, 5) is 29.4. The van der Waals surface area contributed by atoms with E-state index in [0.717, 1.165) is 5.82 Å². The standard InChI is InChI=1S/C14H23N5O2/c1-6-18-11(20)9-10(17(5)13(18)21)16-12(14(2,3)4)19(9)8-7-15/h6-8,15H2,1-5H3. The van der Waals surface area contributed by atoms with Crippen molar-refractivity contribution in [3.05, 3.63) is 26.7 Å². The van der Waals surface area contributed by atoms with Crippen molar-refractivity contribution >= 4 is 11.2 Å². The Balaban J connectivity index is 3.03. The Hall–Kier alpha value is -1.89. The number of nitrogens with two attached hydrogens (primary N) is 1. The van der Waals surface area contributed by atoms with Gasteiger partial charge in [-0.05, 0) is 6.92 Å². The van der Waals surface area contributed by atoms with Crippen molar-refractivity contribution in [3.8, 4) is 0 Å². The van der Waals surface area contributed by atoms with Crippen molar-refractivity contribution in [1.29, 1.82) is 0 Å². The lowest BCUT2D eigenvalue weighted by Gasteiger charge is -2.19. The van der Waals surface area contributed by atoms with Gasteiger partial charge in [0, 0.05) is 32.1 Å². The van der Waals surface area contributed by atoms with Gasteiger partial charge < -0.3 is 10.3 Å². The molecule has 2 heterocycles. The van der Waals surface area contributed by atoms with Gasteiger partial charge in [0.15, 0.2) is 11.2 Å². The summed E-state index contributed by atoms with van der Waals surface area (Å²) in [5.41, 5.74) is 5.68. The topological polar surface area (TPSA) is 87.8 Å². The van der Waals surface area contributed by atoms with E-state index in [0.29, 0.717) is 30.8 Å². The Morgan fingerprint density at radius 1 is 1.19 bits per heavy atom. The van der Waals surface area contributed by atoms with E-state index in [9.17, 15) is 9.59 Å². The van der Waals surface area contributed by atoms with Crippen molar-refractivity contribution in [2.75, 3.05) is 6.54 Å². The van der Waals surface area contributed by atoms with Gasteiger partial charge in [0.2, 0.25) is 0 Å². The van der Waals surface area contributed by atoms with Crippen molar-refractivity contribution in [2.45, 2.75) is 46.2 Å². The van der Waals surface area contributed by atoms with Gasteiger partial charge in [-0.1, -0.05) is 20.8 Å². The van der Waals surface area contributed by atoms with E-state index in [1.165, 1.54) is 9.13 Å². The van der Waals surface area contributed by atoms with Crippen LogP contribution < -0.4 is 17.0 Å². The number of imidazole rings is 1. The third-order valence-corrected chi connectivity index (χ3v) is 3.57. The van der Waals surface area contributed by atoms with Crippen molar-refractivity contribution in [2.24, 2.45) is 12.8 Å². The molecule has 0 fully saturated rings. The second-order valence-electron chi connectivity index (χ2n) is 6.19. The summed E-state index contributed by atoms with van der Waals surface area (Å²) in [6.45, 7) is 9.10. The average Bonchev–Trinajstić information content (AvgIpc) is 2.77. The molecule has 0 amide bonds. The van der Waals surface area contributed by atoms with Gasteiger partial charge in [0.1, 0.15) is 5.82 Å². The zero-order chi connectivity index (χ0) is 15.9. The van der Waals surface area contributed by atoms with Gasteiger partial charge in [0.05, 0.1) is 0 Å². The molecular formula is C14H23N5O2. The summed E-state index contributed by atoms with van der Waals surface area (Å²) < 4.78 is 4.51. The van der Waals surface area contributed by atoms with Crippen LogP contribution in [-0.4, -0.2) is 25.2 Å². The highest BCUT2D eigenvalue weighted by molar-refractivity contribution is 5.71. The second-order valence-corrected chi connectivity index (χ2v) is 6.19. The first-order valence-electron chi connectivity index (χ1n) is 7.14. The van der Waals surface area contributed by atoms with Gasteiger partial charge in [0.25, 0.3) is 5.56 Å². The van der Waals surface area contributed by atoms with Crippen molar-refractivity contribution in [1.82, 2.24) is 18.7 Å². The van der Waals surface area contributed by atoms with Gasteiger partial charge in [-0.2, -0.15) is 0 Å². The summed E-state index contributed by atoms with van der Waals surface area (Å²) in [6.07, 6.45) is 0. The predicted molar refractivity (Wildman–Crippen MR) is 82.7 cm³/mol. The van der Waals surface area contributed by atoms with E-state index in [1.807, 2.05) is 25.3 Å². The molecule has 21 heavy (non-hydrogen) atoms. The summed E-state index contributed by atoms with van der Waals surface area (Å²) in [7, 11) is 1.64. The highest BCUT2D eigenvalue weighted by atomic mass is 16.2. The van der Waals surface area contributed by atoms with Crippen LogP contribution in [0.1, 0.15) is 33.5 Å². The Kier molecular flexibility index (Phi) is 3.79. The molecular weight excluding hydrogens is 270 g/mol. The van der Waals surface area contributed by atoms with Crippen LogP contribution in [0.25, 0.3) is 11.2 Å². The normalized spacial score (nSPS) is 12.3. The van der Waals surface area contributed by atoms with E-state index in [4.69, 9.17) is 5.73 Å². The molecule has 0 aromatic carbocycles. The molecule has 7 heteroatoms. The Morgan fingerprint density at radius 3 is 2.29 bits per heavy atom. The molecule has 0 aliphatic carbocycles. The van der Waals surface area contributed by atoms with E-state index < -0.39 is 0 Å². The van der Waals surface area contributed by atoms with Crippen LogP contribution in [0.3, 0.4) is 0 Å². The third-order valence-electron chi connectivity index (χ3n) is 3.57. The number of hydrogen-bond donors (Lipinski definition) is 1. The minimum absolute atomic E-state index is 0.242. The monoisotopic (exact) mass is 293 g/mol. The highest BCUT2D eigenvalue weighted by Crippen LogP contribution is 2.24. The SMILES string of the molecule is CCn1c(=O)c2c(nc(C(C)(C)C)n2CCN)n(C)c1=O. The quantitative estimate of drug-likeness (QED) is 0.874. The third kappa shape index (κ3) is 2.31. The molecule has 0 aliphatic heterocycles. The predicted octanol–water partition coefficient (Wildman–Crippen LogP) is 0.173. The second kappa shape index (κ2) is 5.14. The zero-order valence-electron chi connectivity index (χ0n) is 13.3. The first kappa shape index (κ1) is 15.5. The molecule has 0 saturated heterocycles. The molecule has 0 saturated carbocycles. The zero-order valence-corrected chi connectivity index (χ0v) is 13.3. The average molecular weight is 293 g/mol. The lowest BCUT2D eigenvalue weighted by Crippen LogP contribution is -2.39. The molecule has 2 rings (SSSR count). The van der Waals surface area contributed by atoms with Crippen molar-refractivity contribution < 1.29 is 0 Å². The first-order chi connectivity index (χ1) is 9.73. The molecule has 0 radical (unpaired) electrons. The molecule has 2 N–H and O–H groups in total. The molecule has 2 aromatic rings. The fraction of sp³-hybridized carbons (Fsp3) is 0.643. The van der Waals surface area contributed by atoms with Crippen LogP contribution in [0.5, 0.6) is 0 Å². The Labute approximate surface area is 123 Å². The summed E-state index contributed by atoms with van der Waals surface area (Å²) in [5.74, 6) is 0.768. The lowest BCUT2D eigenvalue weighted by atomic mass is 9.95. The first-order valence-corrected chi connectivity index (χ1v) is 7.14. The molecule has 0 atom stereocenters. The maximum absolute atomic E-state index is 12.6. The maximum atomic E-state index is 12.6. The number of aryl methyl sites for hydroxylation is 1. The van der Waals surface area contributed by atoms with Crippen LogP contribution in [0, 0.1) is 0 Å². The molecule has 116 valence electrons. The Morgan fingerprint density at radius 2 is 1.81 bits per heavy atom. The van der Waals surface area contributed by atoms with E-state index in [-0.39, 0.29) is 16.7 Å². The van der Waals surface area contributed by atoms with Crippen LogP contribution >= 0.6 is 0 Å². The molecule has 7 nitrogen and oxygen atoms in total. The van der Waals surface area contributed by atoms with E-state index in [1.54, 1.807) is 14.0 Å². The van der Waals surface area contributed by atoms with E-state index in [2.05, 4.69) is 4.98 Å². The molecule has 0 bridgehead atoms. The summed E-state index contributed by atoms with van der Waals surface area (Å²) in [6, 6.07) is 0. The summed E-state index contributed by atoms with van der Waals surface area (Å²) in [5, 5.41) is 0. The van der Waals surface area contributed by atoms with Gasteiger partial charge in [-0.25, -0.2) is 9.78 Å². The van der Waals surface area contributed by atoms with Crippen LogP contribution in [0.15, 0.2) is 9.59 Å². The molecule has 0 spiro atoms. The minimum atomic E-state index is -0.340. The van der Waals surface area contributed by atoms with Crippen molar-refractivity contribution in [3.63, 3.8) is 0 Å². The summed E-state index contributed by atoms with van der Waals surface area (Å²) >= 11 is 0. The number of aromatic nitrogens is 4. The Bertz CT molecular complexity index is 789.